The molecular weight excluding hydrogens is 327 g/mol. The molecule has 2 aromatic carbocycles. The molecule has 1 heterocycles. The number of benzene rings is 2. The molecule has 0 atom stereocenters. The molecule has 0 radical (unpaired) electrons. The van der Waals surface area contributed by atoms with Gasteiger partial charge in [0.25, 0.3) is 11.8 Å². The molecule has 3 aromatic rings. The van der Waals surface area contributed by atoms with Gasteiger partial charge in [-0.2, -0.15) is 0 Å². The largest absolute Gasteiger partial charge is 0.322 e. The van der Waals surface area contributed by atoms with E-state index in [-0.39, 0.29) is 17.6 Å². The second kappa shape index (κ2) is 7.06. The summed E-state index contributed by atoms with van der Waals surface area (Å²) in [6, 6.07) is 15.7. The Morgan fingerprint density at radius 3 is 2.29 bits per heavy atom. The molecule has 4 nitrogen and oxygen atoms in total. The van der Waals surface area contributed by atoms with E-state index in [0.717, 1.165) is 0 Å². The molecule has 120 valence electrons. The van der Waals surface area contributed by atoms with Gasteiger partial charge in [0.2, 0.25) is 0 Å². The molecule has 0 fully saturated rings. The lowest BCUT2D eigenvalue weighted by molar-refractivity contribution is 0.102. The Hall–Kier alpha value is -2.99. The number of rotatable bonds is 4. The molecule has 2 N–H and O–H groups in total. The molecule has 0 saturated carbocycles. The van der Waals surface area contributed by atoms with Gasteiger partial charge < -0.3 is 10.6 Å². The standard InChI is InChI=1S/C18H13FN2O2S/c19-12-7-9-13(10-8-12)20-17(22)14-4-1-2-5-15(14)21-18(23)16-6-3-11-24-16/h1-11H,(H,20,22)(H,21,23). The minimum absolute atomic E-state index is 0.271. The Labute approximate surface area is 142 Å². The highest BCUT2D eigenvalue weighted by Crippen LogP contribution is 2.19. The van der Waals surface area contributed by atoms with Gasteiger partial charge in [0, 0.05) is 5.69 Å². The van der Waals surface area contributed by atoms with Crippen molar-refractivity contribution in [3.63, 3.8) is 0 Å². The zero-order chi connectivity index (χ0) is 16.9. The fourth-order valence-corrected chi connectivity index (χ4v) is 2.73. The summed E-state index contributed by atoms with van der Waals surface area (Å²) >= 11 is 1.32. The van der Waals surface area contributed by atoms with Crippen LogP contribution in [0.25, 0.3) is 0 Å². The average Bonchev–Trinajstić information content (AvgIpc) is 3.12. The zero-order valence-electron chi connectivity index (χ0n) is 12.5. The van der Waals surface area contributed by atoms with Crippen molar-refractivity contribution in [2.75, 3.05) is 10.6 Å². The van der Waals surface area contributed by atoms with E-state index in [1.165, 1.54) is 35.6 Å². The van der Waals surface area contributed by atoms with Gasteiger partial charge >= 0.3 is 0 Å². The molecule has 0 aliphatic heterocycles. The van der Waals surface area contributed by atoms with Crippen molar-refractivity contribution >= 4 is 34.5 Å². The summed E-state index contributed by atoms with van der Waals surface area (Å²) in [6.45, 7) is 0. The minimum Gasteiger partial charge on any atom is -0.322 e. The van der Waals surface area contributed by atoms with Gasteiger partial charge in [-0.05, 0) is 47.8 Å². The van der Waals surface area contributed by atoms with Crippen LogP contribution in [0, 0.1) is 5.82 Å². The first-order valence-electron chi connectivity index (χ1n) is 7.14. The lowest BCUT2D eigenvalue weighted by Crippen LogP contribution is -2.17. The first-order valence-corrected chi connectivity index (χ1v) is 8.02. The summed E-state index contributed by atoms with van der Waals surface area (Å²) in [7, 11) is 0. The van der Waals surface area contributed by atoms with E-state index in [4.69, 9.17) is 0 Å². The first-order chi connectivity index (χ1) is 11.6. The van der Waals surface area contributed by atoms with Crippen LogP contribution in [0.1, 0.15) is 20.0 Å². The maximum Gasteiger partial charge on any atom is 0.265 e. The van der Waals surface area contributed by atoms with Gasteiger partial charge in [-0.15, -0.1) is 11.3 Å². The highest BCUT2D eigenvalue weighted by molar-refractivity contribution is 7.12. The number of hydrogen-bond donors (Lipinski definition) is 2. The van der Waals surface area contributed by atoms with Gasteiger partial charge in [0.05, 0.1) is 16.1 Å². The average molecular weight is 340 g/mol. The fraction of sp³-hybridized carbons (Fsp3) is 0. The van der Waals surface area contributed by atoms with E-state index in [1.807, 2.05) is 5.38 Å². The maximum absolute atomic E-state index is 12.9. The van der Waals surface area contributed by atoms with Crippen LogP contribution in [0.15, 0.2) is 66.0 Å². The molecule has 3 rings (SSSR count). The van der Waals surface area contributed by atoms with Crippen molar-refractivity contribution in [3.8, 4) is 0 Å². The van der Waals surface area contributed by atoms with Crippen LogP contribution in [0.2, 0.25) is 0 Å². The molecule has 0 saturated heterocycles. The third-order valence-electron chi connectivity index (χ3n) is 3.27. The highest BCUT2D eigenvalue weighted by atomic mass is 32.1. The Balaban J connectivity index is 1.79. The van der Waals surface area contributed by atoms with E-state index in [0.29, 0.717) is 21.8 Å². The fourth-order valence-electron chi connectivity index (χ4n) is 2.11. The van der Waals surface area contributed by atoms with Crippen LogP contribution in [-0.2, 0) is 0 Å². The van der Waals surface area contributed by atoms with Crippen LogP contribution in [0.4, 0.5) is 15.8 Å². The molecule has 24 heavy (non-hydrogen) atoms. The number of thiophene rings is 1. The Bertz CT molecular complexity index is 861. The van der Waals surface area contributed by atoms with Crippen molar-refractivity contribution in [2.45, 2.75) is 0 Å². The van der Waals surface area contributed by atoms with E-state index in [2.05, 4.69) is 10.6 Å². The Kier molecular flexibility index (Phi) is 4.67. The molecular formula is C18H13FN2O2S. The van der Waals surface area contributed by atoms with Crippen LogP contribution in [0.3, 0.4) is 0 Å². The topological polar surface area (TPSA) is 58.2 Å². The minimum atomic E-state index is -0.385. The summed E-state index contributed by atoms with van der Waals surface area (Å²) < 4.78 is 12.9. The molecule has 0 aliphatic rings. The van der Waals surface area contributed by atoms with Crippen LogP contribution >= 0.6 is 11.3 Å². The lowest BCUT2D eigenvalue weighted by Gasteiger charge is -2.11. The lowest BCUT2D eigenvalue weighted by atomic mass is 10.1. The van der Waals surface area contributed by atoms with Crippen molar-refractivity contribution in [3.05, 3.63) is 82.3 Å². The van der Waals surface area contributed by atoms with Gasteiger partial charge in [0.15, 0.2) is 0 Å². The quantitative estimate of drug-likeness (QED) is 0.740. The SMILES string of the molecule is O=C(Nc1ccccc1C(=O)Nc1ccc(F)cc1)c1cccs1. The highest BCUT2D eigenvalue weighted by Gasteiger charge is 2.14. The number of hydrogen-bond acceptors (Lipinski definition) is 3. The zero-order valence-corrected chi connectivity index (χ0v) is 13.3. The van der Waals surface area contributed by atoms with Crippen LogP contribution in [0.5, 0.6) is 0 Å². The predicted molar refractivity (Wildman–Crippen MR) is 93.1 cm³/mol. The summed E-state index contributed by atoms with van der Waals surface area (Å²) in [5.74, 6) is -1.03. The summed E-state index contributed by atoms with van der Waals surface area (Å²) in [4.78, 5) is 25.2. The maximum atomic E-state index is 12.9. The predicted octanol–water partition coefficient (Wildman–Crippen LogP) is 4.39. The van der Waals surface area contributed by atoms with Crippen molar-refractivity contribution in [1.29, 1.82) is 0 Å². The van der Waals surface area contributed by atoms with Gasteiger partial charge in [0.1, 0.15) is 5.82 Å². The number of amides is 2. The third kappa shape index (κ3) is 3.67. The van der Waals surface area contributed by atoms with E-state index in [1.54, 1.807) is 36.4 Å². The Morgan fingerprint density at radius 1 is 0.833 bits per heavy atom. The van der Waals surface area contributed by atoms with Crippen molar-refractivity contribution in [1.82, 2.24) is 0 Å². The summed E-state index contributed by atoms with van der Waals surface area (Å²) in [6.07, 6.45) is 0. The van der Waals surface area contributed by atoms with E-state index < -0.39 is 0 Å². The number of carbonyl (C=O) groups is 2. The van der Waals surface area contributed by atoms with E-state index in [9.17, 15) is 14.0 Å². The number of para-hydroxylation sites is 1. The van der Waals surface area contributed by atoms with Gasteiger partial charge in [-0.25, -0.2) is 4.39 Å². The van der Waals surface area contributed by atoms with Crippen LogP contribution < -0.4 is 10.6 Å². The van der Waals surface area contributed by atoms with Gasteiger partial charge in [-0.3, -0.25) is 9.59 Å². The monoisotopic (exact) mass is 340 g/mol. The van der Waals surface area contributed by atoms with Gasteiger partial charge in [-0.1, -0.05) is 18.2 Å². The molecule has 0 bridgehead atoms. The normalized spacial score (nSPS) is 10.2. The number of halogens is 1. The smallest absolute Gasteiger partial charge is 0.265 e. The molecule has 0 unspecified atom stereocenters. The second-order valence-electron chi connectivity index (χ2n) is 4.94. The molecule has 2 amide bonds. The molecule has 6 heteroatoms. The number of carbonyl (C=O) groups excluding carboxylic acids is 2. The van der Waals surface area contributed by atoms with Crippen molar-refractivity contribution < 1.29 is 14.0 Å². The second-order valence-corrected chi connectivity index (χ2v) is 5.89. The summed E-state index contributed by atoms with van der Waals surface area (Å²) in [5, 5.41) is 7.23. The van der Waals surface area contributed by atoms with Crippen molar-refractivity contribution in [2.24, 2.45) is 0 Å². The first kappa shape index (κ1) is 15.9. The molecule has 0 aliphatic carbocycles. The van der Waals surface area contributed by atoms with Crippen LogP contribution in [-0.4, -0.2) is 11.8 Å². The third-order valence-corrected chi connectivity index (χ3v) is 4.14. The number of anilines is 2. The van der Waals surface area contributed by atoms with E-state index >= 15 is 0 Å². The molecule has 0 spiro atoms. The Morgan fingerprint density at radius 2 is 1.58 bits per heavy atom. The summed E-state index contributed by atoms with van der Waals surface area (Å²) in [5.41, 5.74) is 1.21. The number of nitrogens with one attached hydrogen (secondary N) is 2. The molecule has 1 aromatic heterocycles.